The van der Waals surface area contributed by atoms with Crippen molar-refractivity contribution in [2.24, 2.45) is 0 Å². The van der Waals surface area contributed by atoms with Gasteiger partial charge in [0.1, 0.15) is 17.2 Å². The molecule has 0 atom stereocenters. The summed E-state index contributed by atoms with van der Waals surface area (Å²) in [6, 6.07) is 13.1. The fraction of sp³-hybridized carbons (Fsp3) is 0.143. The Labute approximate surface area is 120 Å². The van der Waals surface area contributed by atoms with Gasteiger partial charge in [0.2, 0.25) is 0 Å². The molecule has 2 aromatic rings. The molecule has 0 spiro atoms. The molecule has 2 N–H and O–H groups in total. The SMILES string of the molecule is CCOc1cccc(Oc2ccc(N)cc2I)c1. The highest BCUT2D eigenvalue weighted by Crippen LogP contribution is 2.29. The Kier molecular flexibility index (Phi) is 4.30. The number of hydrogen-bond acceptors (Lipinski definition) is 3. The Hall–Kier alpha value is -1.43. The lowest BCUT2D eigenvalue weighted by molar-refractivity contribution is 0.338. The van der Waals surface area contributed by atoms with Crippen molar-refractivity contribution in [3.8, 4) is 17.2 Å². The number of nitrogen functional groups attached to an aromatic ring is 1. The zero-order chi connectivity index (χ0) is 13.0. The van der Waals surface area contributed by atoms with Crippen LogP contribution in [0.5, 0.6) is 17.2 Å². The minimum absolute atomic E-state index is 0.642. The largest absolute Gasteiger partial charge is 0.494 e. The van der Waals surface area contributed by atoms with Crippen LogP contribution in [0.15, 0.2) is 42.5 Å². The van der Waals surface area contributed by atoms with Gasteiger partial charge in [-0.25, -0.2) is 0 Å². The molecule has 2 rings (SSSR count). The molecule has 0 heterocycles. The number of nitrogens with two attached hydrogens (primary N) is 1. The molecule has 94 valence electrons. The van der Waals surface area contributed by atoms with Crippen LogP contribution in [0, 0.1) is 3.57 Å². The summed E-state index contributed by atoms with van der Waals surface area (Å²) >= 11 is 2.20. The molecule has 4 heteroatoms. The van der Waals surface area contributed by atoms with Crippen LogP contribution in [0.4, 0.5) is 5.69 Å². The Bertz CT molecular complexity index is 543. The lowest BCUT2D eigenvalue weighted by Gasteiger charge is -2.10. The first-order chi connectivity index (χ1) is 8.69. The van der Waals surface area contributed by atoms with E-state index >= 15 is 0 Å². The summed E-state index contributed by atoms with van der Waals surface area (Å²) in [5.41, 5.74) is 6.44. The van der Waals surface area contributed by atoms with Crippen molar-refractivity contribution >= 4 is 28.3 Å². The number of halogens is 1. The van der Waals surface area contributed by atoms with E-state index < -0.39 is 0 Å². The summed E-state index contributed by atoms with van der Waals surface area (Å²) in [6.07, 6.45) is 0. The normalized spacial score (nSPS) is 10.1. The van der Waals surface area contributed by atoms with Crippen LogP contribution in [0.1, 0.15) is 6.92 Å². The highest BCUT2D eigenvalue weighted by atomic mass is 127. The quantitative estimate of drug-likeness (QED) is 0.664. The minimum atomic E-state index is 0.642. The maximum Gasteiger partial charge on any atom is 0.140 e. The van der Waals surface area contributed by atoms with Crippen LogP contribution < -0.4 is 15.2 Å². The van der Waals surface area contributed by atoms with E-state index in [0.29, 0.717) is 6.61 Å². The first kappa shape index (κ1) is 13.0. The molecule has 0 amide bonds. The topological polar surface area (TPSA) is 44.5 Å². The van der Waals surface area contributed by atoms with Crippen LogP contribution in [-0.4, -0.2) is 6.61 Å². The van der Waals surface area contributed by atoms with E-state index in [-0.39, 0.29) is 0 Å². The Morgan fingerprint density at radius 3 is 2.61 bits per heavy atom. The molecule has 3 nitrogen and oxygen atoms in total. The minimum Gasteiger partial charge on any atom is -0.494 e. The highest BCUT2D eigenvalue weighted by molar-refractivity contribution is 14.1. The molecule has 2 aromatic carbocycles. The Balaban J connectivity index is 2.20. The molecule has 0 bridgehead atoms. The van der Waals surface area contributed by atoms with Crippen LogP contribution >= 0.6 is 22.6 Å². The van der Waals surface area contributed by atoms with E-state index in [2.05, 4.69) is 22.6 Å². The molecule has 0 radical (unpaired) electrons. The van der Waals surface area contributed by atoms with Crippen LogP contribution in [0.2, 0.25) is 0 Å². The van der Waals surface area contributed by atoms with E-state index in [0.717, 1.165) is 26.5 Å². The third-order valence-electron chi connectivity index (χ3n) is 2.30. The molecule has 0 aliphatic rings. The maximum absolute atomic E-state index is 5.81. The number of ether oxygens (including phenoxy) is 2. The van der Waals surface area contributed by atoms with E-state index in [9.17, 15) is 0 Å². The zero-order valence-corrected chi connectivity index (χ0v) is 12.2. The molecule has 0 aromatic heterocycles. The van der Waals surface area contributed by atoms with Gasteiger partial charge in [0.15, 0.2) is 0 Å². The van der Waals surface area contributed by atoms with Gasteiger partial charge in [0, 0.05) is 11.8 Å². The van der Waals surface area contributed by atoms with Crippen molar-refractivity contribution in [3.05, 3.63) is 46.0 Å². The zero-order valence-electron chi connectivity index (χ0n) is 10.0. The van der Waals surface area contributed by atoms with Gasteiger partial charge in [0.05, 0.1) is 10.2 Å². The summed E-state index contributed by atoms with van der Waals surface area (Å²) in [4.78, 5) is 0. The highest BCUT2D eigenvalue weighted by Gasteiger charge is 2.04. The summed E-state index contributed by atoms with van der Waals surface area (Å²) in [7, 11) is 0. The van der Waals surface area contributed by atoms with Crippen LogP contribution in [0.25, 0.3) is 0 Å². The predicted molar refractivity (Wildman–Crippen MR) is 81.3 cm³/mol. The van der Waals surface area contributed by atoms with Crippen molar-refractivity contribution in [2.45, 2.75) is 6.92 Å². The average Bonchev–Trinajstić information content (AvgIpc) is 2.34. The second kappa shape index (κ2) is 5.95. The van der Waals surface area contributed by atoms with Gasteiger partial charge < -0.3 is 15.2 Å². The molecule has 0 unspecified atom stereocenters. The Morgan fingerprint density at radius 2 is 1.89 bits per heavy atom. The third-order valence-corrected chi connectivity index (χ3v) is 3.14. The van der Waals surface area contributed by atoms with E-state index in [1.807, 2.05) is 49.4 Å². The summed E-state index contributed by atoms with van der Waals surface area (Å²) < 4.78 is 12.2. The molecule has 0 aliphatic carbocycles. The lowest BCUT2D eigenvalue weighted by Crippen LogP contribution is -1.93. The first-order valence-corrected chi connectivity index (χ1v) is 6.72. The lowest BCUT2D eigenvalue weighted by atomic mass is 10.3. The number of anilines is 1. The van der Waals surface area contributed by atoms with Crippen molar-refractivity contribution in [2.75, 3.05) is 12.3 Å². The maximum atomic E-state index is 5.81. The second-order valence-electron chi connectivity index (χ2n) is 3.70. The van der Waals surface area contributed by atoms with Crippen LogP contribution in [-0.2, 0) is 0 Å². The molecule has 0 saturated heterocycles. The summed E-state index contributed by atoms with van der Waals surface area (Å²) in [5, 5.41) is 0. The fourth-order valence-corrected chi connectivity index (χ4v) is 2.17. The number of hydrogen-bond donors (Lipinski definition) is 1. The molecule has 0 saturated carbocycles. The molecule has 18 heavy (non-hydrogen) atoms. The third kappa shape index (κ3) is 3.29. The average molecular weight is 355 g/mol. The number of benzene rings is 2. The first-order valence-electron chi connectivity index (χ1n) is 5.65. The van der Waals surface area contributed by atoms with Crippen molar-refractivity contribution in [3.63, 3.8) is 0 Å². The van der Waals surface area contributed by atoms with E-state index in [4.69, 9.17) is 15.2 Å². The molecule has 0 aliphatic heterocycles. The molecular weight excluding hydrogens is 341 g/mol. The van der Waals surface area contributed by atoms with Gasteiger partial charge in [-0.15, -0.1) is 0 Å². The molecular formula is C14H14INO2. The van der Waals surface area contributed by atoms with Gasteiger partial charge in [-0.05, 0) is 59.8 Å². The standard InChI is InChI=1S/C14H14INO2/c1-2-17-11-4-3-5-12(9-11)18-14-7-6-10(16)8-13(14)15/h3-9H,2,16H2,1H3. The summed E-state index contributed by atoms with van der Waals surface area (Å²) in [6.45, 7) is 2.60. The number of rotatable bonds is 4. The molecule has 0 fully saturated rings. The fourth-order valence-electron chi connectivity index (χ4n) is 1.52. The van der Waals surface area contributed by atoms with Crippen molar-refractivity contribution in [1.82, 2.24) is 0 Å². The van der Waals surface area contributed by atoms with Gasteiger partial charge in [-0.1, -0.05) is 6.07 Å². The van der Waals surface area contributed by atoms with E-state index in [1.54, 1.807) is 0 Å². The Morgan fingerprint density at radius 1 is 1.11 bits per heavy atom. The second-order valence-corrected chi connectivity index (χ2v) is 4.86. The van der Waals surface area contributed by atoms with Gasteiger partial charge in [0.25, 0.3) is 0 Å². The van der Waals surface area contributed by atoms with Gasteiger partial charge in [-0.2, -0.15) is 0 Å². The van der Waals surface area contributed by atoms with Crippen LogP contribution in [0.3, 0.4) is 0 Å². The van der Waals surface area contributed by atoms with Gasteiger partial charge >= 0.3 is 0 Å². The van der Waals surface area contributed by atoms with Crippen molar-refractivity contribution < 1.29 is 9.47 Å². The van der Waals surface area contributed by atoms with Crippen molar-refractivity contribution in [1.29, 1.82) is 0 Å². The predicted octanol–water partition coefficient (Wildman–Crippen LogP) is 4.06. The van der Waals surface area contributed by atoms with Gasteiger partial charge in [-0.3, -0.25) is 0 Å². The monoisotopic (exact) mass is 355 g/mol. The smallest absolute Gasteiger partial charge is 0.140 e. The van der Waals surface area contributed by atoms with E-state index in [1.165, 1.54) is 0 Å². The summed E-state index contributed by atoms with van der Waals surface area (Å²) in [5.74, 6) is 2.35.